The molecule has 0 aromatic heterocycles. The predicted molar refractivity (Wildman–Crippen MR) is 103 cm³/mol. The normalized spacial score (nSPS) is 15.6. The lowest BCUT2D eigenvalue weighted by Crippen LogP contribution is -2.54. The molecule has 128 valence electrons. The highest BCUT2D eigenvalue weighted by Crippen LogP contribution is 2.25. The molecule has 0 saturated carbocycles. The first-order chi connectivity index (χ1) is 12.6. The van der Waals surface area contributed by atoms with E-state index in [0.29, 0.717) is 17.0 Å². The molecule has 0 unspecified atom stereocenters. The molecule has 2 aromatic carbocycles. The third kappa shape index (κ3) is 3.48. The second kappa shape index (κ2) is 7.64. The van der Waals surface area contributed by atoms with Crippen LogP contribution in [0.4, 0.5) is 5.69 Å². The van der Waals surface area contributed by atoms with Crippen LogP contribution in [0.1, 0.15) is 5.56 Å². The van der Waals surface area contributed by atoms with Crippen molar-refractivity contribution in [1.29, 1.82) is 0 Å². The number of carbonyl (C=O) groups is 2. The Morgan fingerprint density at radius 2 is 1.81 bits per heavy atom. The zero-order chi connectivity index (χ0) is 18.5. The molecule has 1 heterocycles. The van der Waals surface area contributed by atoms with Gasteiger partial charge in [0.05, 0.1) is 5.69 Å². The van der Waals surface area contributed by atoms with Gasteiger partial charge in [-0.15, -0.1) is 6.42 Å². The molecule has 5 nitrogen and oxygen atoms in total. The van der Waals surface area contributed by atoms with Gasteiger partial charge in [-0.25, -0.2) is 0 Å². The molecular weight excluding hydrogens is 348 g/mol. The number of nitrogens with one attached hydrogen (secondary N) is 1. The number of thiocarbonyl (C=S) groups is 1. The van der Waals surface area contributed by atoms with Crippen LogP contribution < -0.4 is 15.0 Å². The molecule has 1 fully saturated rings. The van der Waals surface area contributed by atoms with Crippen LogP contribution in [0.2, 0.25) is 0 Å². The van der Waals surface area contributed by atoms with Crippen LogP contribution >= 0.6 is 12.2 Å². The topological polar surface area (TPSA) is 58.6 Å². The van der Waals surface area contributed by atoms with E-state index in [1.807, 2.05) is 6.07 Å². The molecule has 0 radical (unpaired) electrons. The van der Waals surface area contributed by atoms with E-state index >= 15 is 0 Å². The summed E-state index contributed by atoms with van der Waals surface area (Å²) in [5, 5.41) is 2.59. The first kappa shape index (κ1) is 17.4. The molecule has 1 aliphatic rings. The van der Waals surface area contributed by atoms with Gasteiger partial charge < -0.3 is 4.74 Å². The monoisotopic (exact) mass is 362 g/mol. The van der Waals surface area contributed by atoms with Gasteiger partial charge in [-0.05, 0) is 36.5 Å². The third-order valence-corrected chi connectivity index (χ3v) is 3.93. The Bertz CT molecular complexity index is 945. The first-order valence-electron chi connectivity index (χ1n) is 7.73. The summed E-state index contributed by atoms with van der Waals surface area (Å²) in [7, 11) is 0. The minimum Gasteiger partial charge on any atom is -0.480 e. The Labute approximate surface area is 156 Å². The van der Waals surface area contributed by atoms with Gasteiger partial charge in [-0.1, -0.05) is 42.3 Å². The maximum Gasteiger partial charge on any atom is 0.270 e. The third-order valence-electron chi connectivity index (χ3n) is 3.65. The first-order valence-corrected chi connectivity index (χ1v) is 8.14. The van der Waals surface area contributed by atoms with Gasteiger partial charge in [0.15, 0.2) is 5.11 Å². The smallest absolute Gasteiger partial charge is 0.270 e. The van der Waals surface area contributed by atoms with E-state index in [1.165, 1.54) is 11.0 Å². The zero-order valence-electron chi connectivity index (χ0n) is 13.6. The number of hydrogen-bond acceptors (Lipinski definition) is 4. The second-order valence-corrected chi connectivity index (χ2v) is 5.71. The number of anilines is 1. The van der Waals surface area contributed by atoms with Gasteiger partial charge in [0.2, 0.25) is 0 Å². The number of ether oxygens (including phenoxy) is 1. The van der Waals surface area contributed by atoms with Gasteiger partial charge in [0, 0.05) is 5.56 Å². The Morgan fingerprint density at radius 3 is 2.54 bits per heavy atom. The molecule has 1 N–H and O–H groups in total. The van der Waals surface area contributed by atoms with Gasteiger partial charge in [0.1, 0.15) is 17.9 Å². The molecule has 0 atom stereocenters. The predicted octanol–water partition coefficient (Wildman–Crippen LogP) is 2.53. The minimum atomic E-state index is -0.557. The van der Waals surface area contributed by atoms with Crippen LogP contribution in [0.25, 0.3) is 6.08 Å². The fourth-order valence-corrected chi connectivity index (χ4v) is 2.76. The van der Waals surface area contributed by atoms with Crippen molar-refractivity contribution in [2.45, 2.75) is 0 Å². The van der Waals surface area contributed by atoms with Crippen molar-refractivity contribution in [3.63, 3.8) is 0 Å². The average Bonchev–Trinajstić information content (AvgIpc) is 2.65. The SMILES string of the molecule is C#CCOc1ccccc1/C=C1/C(=O)NC(=S)N(c2ccccc2)C1=O. The summed E-state index contributed by atoms with van der Waals surface area (Å²) in [4.78, 5) is 26.5. The van der Waals surface area contributed by atoms with Crippen molar-refractivity contribution in [2.24, 2.45) is 0 Å². The van der Waals surface area contributed by atoms with Crippen LogP contribution in [-0.4, -0.2) is 23.5 Å². The lowest BCUT2D eigenvalue weighted by atomic mass is 10.1. The number of terminal acetylenes is 1. The Kier molecular flexibility index (Phi) is 5.11. The van der Waals surface area contributed by atoms with Gasteiger partial charge in [-0.2, -0.15) is 0 Å². The fraction of sp³-hybridized carbons (Fsp3) is 0.0500. The van der Waals surface area contributed by atoms with Crippen molar-refractivity contribution >= 4 is 40.9 Å². The molecule has 26 heavy (non-hydrogen) atoms. The number of benzene rings is 2. The van der Waals surface area contributed by atoms with Crippen LogP contribution in [0.3, 0.4) is 0 Å². The molecule has 2 aromatic rings. The Balaban J connectivity index is 2.00. The summed E-state index contributed by atoms with van der Waals surface area (Å²) in [5.74, 6) is 1.81. The highest BCUT2D eigenvalue weighted by molar-refractivity contribution is 7.80. The van der Waals surface area contributed by atoms with E-state index in [1.54, 1.807) is 48.5 Å². The quantitative estimate of drug-likeness (QED) is 0.393. The summed E-state index contributed by atoms with van der Waals surface area (Å²) in [5.41, 5.74) is 1.10. The van der Waals surface area contributed by atoms with E-state index in [4.69, 9.17) is 23.4 Å². The van der Waals surface area contributed by atoms with E-state index < -0.39 is 11.8 Å². The molecule has 1 saturated heterocycles. The molecular formula is C20H14N2O3S. The Hall–Kier alpha value is -3.43. The fourth-order valence-electron chi connectivity index (χ4n) is 2.48. The maximum absolute atomic E-state index is 12.9. The van der Waals surface area contributed by atoms with Crippen LogP contribution in [0.5, 0.6) is 5.75 Å². The second-order valence-electron chi connectivity index (χ2n) is 5.32. The van der Waals surface area contributed by atoms with E-state index in [0.717, 1.165) is 0 Å². The number of rotatable bonds is 4. The van der Waals surface area contributed by atoms with Gasteiger partial charge in [-0.3, -0.25) is 19.8 Å². The average molecular weight is 362 g/mol. The largest absolute Gasteiger partial charge is 0.480 e. The highest BCUT2D eigenvalue weighted by atomic mass is 32.1. The summed E-state index contributed by atoms with van der Waals surface area (Å²) in [6.07, 6.45) is 6.70. The van der Waals surface area contributed by atoms with Crippen molar-refractivity contribution in [3.05, 3.63) is 65.7 Å². The molecule has 0 bridgehead atoms. The minimum absolute atomic E-state index is 0.0419. The van der Waals surface area contributed by atoms with E-state index in [2.05, 4.69) is 11.2 Å². The van der Waals surface area contributed by atoms with Crippen LogP contribution in [0, 0.1) is 12.3 Å². The number of amides is 2. The summed E-state index contributed by atoms with van der Waals surface area (Å²) < 4.78 is 5.47. The van der Waals surface area contributed by atoms with Gasteiger partial charge >= 0.3 is 0 Å². The number of carbonyl (C=O) groups excluding carboxylic acids is 2. The summed E-state index contributed by atoms with van der Waals surface area (Å²) in [6, 6.07) is 15.9. The van der Waals surface area contributed by atoms with Crippen molar-refractivity contribution in [1.82, 2.24) is 5.32 Å². The molecule has 3 rings (SSSR count). The summed E-state index contributed by atoms with van der Waals surface area (Å²) in [6.45, 7) is 0.0839. The lowest BCUT2D eigenvalue weighted by Gasteiger charge is -2.28. The van der Waals surface area contributed by atoms with Crippen molar-refractivity contribution in [3.8, 4) is 18.1 Å². The van der Waals surface area contributed by atoms with Crippen LogP contribution in [-0.2, 0) is 9.59 Å². The molecule has 0 spiro atoms. The number of para-hydroxylation sites is 2. The van der Waals surface area contributed by atoms with Gasteiger partial charge in [0.25, 0.3) is 11.8 Å². The number of hydrogen-bond donors (Lipinski definition) is 1. The molecule has 0 aliphatic carbocycles. The molecule has 2 amide bonds. The highest BCUT2D eigenvalue weighted by Gasteiger charge is 2.34. The van der Waals surface area contributed by atoms with Crippen LogP contribution in [0.15, 0.2) is 60.2 Å². The van der Waals surface area contributed by atoms with E-state index in [-0.39, 0.29) is 17.3 Å². The lowest BCUT2D eigenvalue weighted by molar-refractivity contribution is -0.122. The van der Waals surface area contributed by atoms with E-state index in [9.17, 15) is 9.59 Å². The molecule has 6 heteroatoms. The van der Waals surface area contributed by atoms with Crippen molar-refractivity contribution < 1.29 is 14.3 Å². The number of nitrogens with zero attached hydrogens (tertiary/aromatic N) is 1. The standard InChI is InChI=1S/C20H14N2O3S/c1-2-12-25-17-11-7-6-8-14(17)13-16-18(23)21-20(26)22(19(16)24)15-9-4-3-5-10-15/h1,3-11,13H,12H2,(H,21,23,26)/b16-13-. The zero-order valence-corrected chi connectivity index (χ0v) is 14.5. The maximum atomic E-state index is 12.9. The Morgan fingerprint density at radius 1 is 1.12 bits per heavy atom. The van der Waals surface area contributed by atoms with Crippen molar-refractivity contribution in [2.75, 3.05) is 11.5 Å². The summed E-state index contributed by atoms with van der Waals surface area (Å²) >= 11 is 5.16. The molecule has 1 aliphatic heterocycles.